The first-order chi connectivity index (χ1) is 7.50. The van der Waals surface area contributed by atoms with Crippen molar-refractivity contribution in [2.75, 3.05) is 13.6 Å². The Hall–Kier alpha value is -1.36. The lowest BCUT2D eigenvalue weighted by Crippen LogP contribution is -2.21. The Morgan fingerprint density at radius 3 is 2.75 bits per heavy atom. The summed E-state index contributed by atoms with van der Waals surface area (Å²) in [5.41, 5.74) is 0.169. The Morgan fingerprint density at radius 1 is 1.50 bits per heavy atom. The first kappa shape index (κ1) is 11.1. The number of amides is 1. The van der Waals surface area contributed by atoms with Crippen molar-refractivity contribution in [3.8, 4) is 0 Å². The molecule has 1 aliphatic heterocycles. The minimum Gasteiger partial charge on any atom is -0.510 e. The highest BCUT2D eigenvalue weighted by Gasteiger charge is 2.30. The average molecular weight is 286 g/mol. The number of carbonyl (C=O) groups is 1. The third kappa shape index (κ3) is 1.71. The van der Waals surface area contributed by atoms with Gasteiger partial charge in [0, 0.05) is 17.1 Å². The second-order valence-corrected chi connectivity index (χ2v) is 4.52. The van der Waals surface area contributed by atoms with Gasteiger partial charge in [0.25, 0.3) is 5.91 Å². The van der Waals surface area contributed by atoms with Gasteiger partial charge in [0.15, 0.2) is 0 Å². The second kappa shape index (κ2) is 3.90. The van der Waals surface area contributed by atoms with Gasteiger partial charge in [-0.1, -0.05) is 15.9 Å². The van der Waals surface area contributed by atoms with Crippen molar-refractivity contribution in [1.29, 1.82) is 0 Å². The van der Waals surface area contributed by atoms with E-state index in [1.807, 2.05) is 0 Å². The summed E-state index contributed by atoms with van der Waals surface area (Å²) in [6.07, 6.45) is 0. The predicted octanol–water partition coefficient (Wildman–Crippen LogP) is 2.33. The minimum absolute atomic E-state index is 0.0429. The second-order valence-electron chi connectivity index (χ2n) is 3.61. The highest BCUT2D eigenvalue weighted by atomic mass is 79.9. The van der Waals surface area contributed by atoms with Crippen molar-refractivity contribution in [2.24, 2.45) is 0 Å². The van der Waals surface area contributed by atoms with Gasteiger partial charge in [0.1, 0.15) is 11.6 Å². The molecule has 1 aromatic carbocycles. The molecule has 0 saturated carbocycles. The van der Waals surface area contributed by atoms with Crippen LogP contribution in [-0.4, -0.2) is 29.5 Å². The van der Waals surface area contributed by atoms with E-state index < -0.39 is 5.82 Å². The van der Waals surface area contributed by atoms with Crippen LogP contribution in [0.5, 0.6) is 0 Å². The maximum Gasteiger partial charge on any atom is 0.258 e. The summed E-state index contributed by atoms with van der Waals surface area (Å²) in [4.78, 5) is 13.0. The SMILES string of the molecule is CN1CC(O)=C(c2cc(Br)ccc2F)C1=O. The lowest BCUT2D eigenvalue weighted by Gasteiger charge is -2.08. The molecule has 0 fully saturated rings. The summed E-state index contributed by atoms with van der Waals surface area (Å²) >= 11 is 3.20. The molecule has 1 aliphatic rings. The fraction of sp³-hybridized carbons (Fsp3) is 0.182. The van der Waals surface area contributed by atoms with Crippen molar-refractivity contribution < 1.29 is 14.3 Å². The zero-order chi connectivity index (χ0) is 11.9. The summed E-state index contributed by atoms with van der Waals surface area (Å²) in [7, 11) is 1.56. The Morgan fingerprint density at radius 2 is 2.19 bits per heavy atom. The van der Waals surface area contributed by atoms with E-state index in [1.54, 1.807) is 13.1 Å². The smallest absolute Gasteiger partial charge is 0.258 e. The van der Waals surface area contributed by atoms with Crippen LogP contribution in [0.2, 0.25) is 0 Å². The normalized spacial score (nSPS) is 16.2. The summed E-state index contributed by atoms with van der Waals surface area (Å²) in [6, 6.07) is 4.28. The molecule has 3 nitrogen and oxygen atoms in total. The van der Waals surface area contributed by atoms with Crippen LogP contribution in [-0.2, 0) is 4.79 Å². The third-order valence-electron chi connectivity index (χ3n) is 2.43. The van der Waals surface area contributed by atoms with Gasteiger partial charge in [0.2, 0.25) is 0 Å². The summed E-state index contributed by atoms with van der Waals surface area (Å²) < 4.78 is 14.2. The number of aliphatic hydroxyl groups is 1. The highest BCUT2D eigenvalue weighted by molar-refractivity contribution is 9.10. The lowest BCUT2D eigenvalue weighted by atomic mass is 10.1. The molecular weight excluding hydrogens is 277 g/mol. The molecular formula is C11H9BrFNO2. The number of aliphatic hydroxyl groups excluding tert-OH is 1. The molecule has 2 rings (SSSR count). The summed E-state index contributed by atoms with van der Waals surface area (Å²) in [5, 5.41) is 9.63. The molecule has 0 radical (unpaired) electrons. The molecule has 0 bridgehead atoms. The Labute approximate surface area is 100 Å². The van der Waals surface area contributed by atoms with Crippen LogP contribution in [0.1, 0.15) is 5.56 Å². The largest absolute Gasteiger partial charge is 0.510 e. The van der Waals surface area contributed by atoms with E-state index in [-0.39, 0.29) is 29.3 Å². The molecule has 1 aromatic rings. The van der Waals surface area contributed by atoms with Crippen LogP contribution in [0.4, 0.5) is 4.39 Å². The molecule has 0 aromatic heterocycles. The fourth-order valence-corrected chi connectivity index (χ4v) is 2.01. The lowest BCUT2D eigenvalue weighted by molar-refractivity contribution is -0.122. The van der Waals surface area contributed by atoms with Crippen molar-refractivity contribution >= 4 is 27.4 Å². The fourth-order valence-electron chi connectivity index (χ4n) is 1.65. The number of likely N-dealkylation sites (N-methyl/N-ethyl adjacent to an activating group) is 1. The molecule has 1 amide bonds. The zero-order valence-electron chi connectivity index (χ0n) is 8.50. The molecule has 5 heteroatoms. The summed E-state index contributed by atoms with van der Waals surface area (Å²) in [6.45, 7) is 0.125. The number of carbonyl (C=O) groups excluding carboxylic acids is 1. The van der Waals surface area contributed by atoms with Gasteiger partial charge < -0.3 is 10.0 Å². The van der Waals surface area contributed by atoms with Crippen LogP contribution in [0.25, 0.3) is 5.57 Å². The summed E-state index contributed by atoms with van der Waals surface area (Å²) in [5.74, 6) is -0.979. The Bertz CT molecular complexity index is 499. The van der Waals surface area contributed by atoms with Gasteiger partial charge >= 0.3 is 0 Å². The highest BCUT2D eigenvalue weighted by Crippen LogP contribution is 2.29. The quantitative estimate of drug-likeness (QED) is 0.860. The van der Waals surface area contributed by atoms with Crippen molar-refractivity contribution in [2.45, 2.75) is 0 Å². The molecule has 0 aliphatic carbocycles. The van der Waals surface area contributed by atoms with Crippen molar-refractivity contribution in [1.82, 2.24) is 4.90 Å². The van der Waals surface area contributed by atoms with Crippen LogP contribution < -0.4 is 0 Å². The number of halogens is 2. The standard InChI is InChI=1S/C11H9BrFNO2/c1-14-5-9(15)10(11(14)16)7-4-6(12)2-3-8(7)13/h2-4,15H,5H2,1H3. The topological polar surface area (TPSA) is 40.5 Å². The van der Waals surface area contributed by atoms with Crippen molar-refractivity contribution in [3.63, 3.8) is 0 Å². The van der Waals surface area contributed by atoms with Gasteiger partial charge in [0.05, 0.1) is 12.1 Å². The van der Waals surface area contributed by atoms with E-state index in [0.717, 1.165) is 0 Å². The maximum atomic E-state index is 13.6. The van der Waals surface area contributed by atoms with Gasteiger partial charge in [-0.3, -0.25) is 4.79 Å². The van der Waals surface area contributed by atoms with E-state index >= 15 is 0 Å². The molecule has 0 unspecified atom stereocenters. The Kier molecular flexibility index (Phi) is 2.71. The van der Waals surface area contributed by atoms with E-state index in [9.17, 15) is 14.3 Å². The molecule has 84 valence electrons. The molecule has 0 atom stereocenters. The van der Waals surface area contributed by atoms with Gasteiger partial charge in [-0.15, -0.1) is 0 Å². The molecule has 0 saturated heterocycles. The van der Waals surface area contributed by atoms with Gasteiger partial charge in [-0.2, -0.15) is 0 Å². The monoisotopic (exact) mass is 285 g/mol. The first-order valence-corrected chi connectivity index (χ1v) is 5.43. The number of hydrogen-bond acceptors (Lipinski definition) is 2. The first-order valence-electron chi connectivity index (χ1n) is 4.63. The Balaban J connectivity index is 2.57. The van der Waals surface area contributed by atoms with Crippen LogP contribution in [0.15, 0.2) is 28.4 Å². The van der Waals surface area contributed by atoms with E-state index in [4.69, 9.17) is 0 Å². The zero-order valence-corrected chi connectivity index (χ0v) is 10.1. The molecule has 1 N–H and O–H groups in total. The molecule has 16 heavy (non-hydrogen) atoms. The number of rotatable bonds is 1. The molecule has 0 spiro atoms. The van der Waals surface area contributed by atoms with Gasteiger partial charge in [-0.05, 0) is 18.2 Å². The van der Waals surface area contributed by atoms with E-state index in [1.165, 1.54) is 17.0 Å². The van der Waals surface area contributed by atoms with Crippen LogP contribution in [0, 0.1) is 5.82 Å². The maximum absolute atomic E-state index is 13.6. The molecule has 1 heterocycles. The number of hydrogen-bond donors (Lipinski definition) is 1. The van der Waals surface area contributed by atoms with Crippen molar-refractivity contribution in [3.05, 3.63) is 39.8 Å². The number of nitrogens with zero attached hydrogens (tertiary/aromatic N) is 1. The van der Waals surface area contributed by atoms with Crippen LogP contribution in [0.3, 0.4) is 0 Å². The average Bonchev–Trinajstić information content (AvgIpc) is 2.46. The predicted molar refractivity (Wildman–Crippen MR) is 61.3 cm³/mol. The van der Waals surface area contributed by atoms with Gasteiger partial charge in [-0.25, -0.2) is 4.39 Å². The van der Waals surface area contributed by atoms with E-state index in [0.29, 0.717) is 4.47 Å². The third-order valence-corrected chi connectivity index (χ3v) is 2.93. The minimum atomic E-state index is -0.520. The van der Waals surface area contributed by atoms with Crippen LogP contribution >= 0.6 is 15.9 Å². The van der Waals surface area contributed by atoms with E-state index in [2.05, 4.69) is 15.9 Å². The number of benzene rings is 1.